The van der Waals surface area contributed by atoms with Gasteiger partial charge in [0.1, 0.15) is 23.3 Å². The summed E-state index contributed by atoms with van der Waals surface area (Å²) in [5, 5.41) is 11.8. The summed E-state index contributed by atoms with van der Waals surface area (Å²) in [5.74, 6) is -0.965. The van der Waals surface area contributed by atoms with Crippen molar-refractivity contribution in [3.05, 3.63) is 70.5 Å². The zero-order valence-corrected chi connectivity index (χ0v) is 22.1. The number of hydrogen-bond acceptors (Lipinski definition) is 9. The summed E-state index contributed by atoms with van der Waals surface area (Å²) in [6.07, 6.45) is 1.52. The number of pyridine rings is 1. The zero-order valence-electron chi connectivity index (χ0n) is 21.3. The van der Waals surface area contributed by atoms with Gasteiger partial charge < -0.3 is 29.0 Å². The van der Waals surface area contributed by atoms with E-state index < -0.39 is 23.5 Å². The maximum Gasteiger partial charge on any atom is 0.302 e. The summed E-state index contributed by atoms with van der Waals surface area (Å²) in [7, 11) is 5.80. The number of halogens is 1. The lowest BCUT2D eigenvalue weighted by molar-refractivity contribution is -0.132. The van der Waals surface area contributed by atoms with Crippen LogP contribution in [-0.2, 0) is 9.59 Å². The number of amides is 1. The fraction of sp³-hybridized carbons (Fsp3) is 0.185. The van der Waals surface area contributed by atoms with E-state index in [-0.39, 0.29) is 33.6 Å². The summed E-state index contributed by atoms with van der Waals surface area (Å²) in [4.78, 5) is 40.2. The molecule has 0 aliphatic carbocycles. The normalized spacial score (nSPS) is 16.5. The molecule has 0 bridgehead atoms. The third kappa shape index (κ3) is 4.26. The van der Waals surface area contributed by atoms with Crippen LogP contribution in [0.3, 0.4) is 0 Å². The van der Waals surface area contributed by atoms with E-state index in [1.165, 1.54) is 46.8 Å². The van der Waals surface area contributed by atoms with E-state index in [4.69, 9.17) is 30.5 Å². The Hall–Kier alpha value is -4.77. The number of ether oxygens (including phenoxy) is 4. The Morgan fingerprint density at radius 3 is 2.28 bits per heavy atom. The summed E-state index contributed by atoms with van der Waals surface area (Å²) < 4.78 is 21.4. The van der Waals surface area contributed by atoms with Gasteiger partial charge in [-0.2, -0.15) is 0 Å². The maximum absolute atomic E-state index is 13.5. The maximum atomic E-state index is 13.5. The molecule has 1 aliphatic rings. The Balaban J connectivity index is 1.74. The number of rotatable bonds is 7. The SMILES string of the molecule is COc1cc(/C(O)=C2\C(=O)C(=O)N(c3nc4cc(OC)c(OC)cc4[nH]3)C2c2ccccn2)c(OC)cc1Cl. The van der Waals surface area contributed by atoms with Crippen LogP contribution in [0.5, 0.6) is 23.0 Å². The van der Waals surface area contributed by atoms with Crippen molar-refractivity contribution < 1.29 is 33.6 Å². The molecule has 3 heterocycles. The zero-order chi connectivity index (χ0) is 27.8. The number of carbonyl (C=O) groups is 2. The van der Waals surface area contributed by atoms with Crippen molar-refractivity contribution in [3.63, 3.8) is 0 Å². The standard InChI is InChI=1S/C27H23ClN4O7/c1-36-18-10-14(28)19(37-2)9-13(18)24(33)22-23(15-7-5-6-8-29-15)32(26(35)25(22)34)27-30-16-11-20(38-3)21(39-4)12-17(16)31-27/h5-12,23,33H,1-4H3,(H,30,31)/b24-22+. The number of benzene rings is 2. The second-order valence-corrected chi connectivity index (χ2v) is 8.80. The highest BCUT2D eigenvalue weighted by atomic mass is 35.5. The smallest absolute Gasteiger partial charge is 0.302 e. The topological polar surface area (TPSA) is 136 Å². The quantitative estimate of drug-likeness (QED) is 0.196. The molecular formula is C27H23ClN4O7. The summed E-state index contributed by atoms with van der Waals surface area (Å²) in [5.41, 5.74) is 1.23. The van der Waals surface area contributed by atoms with Gasteiger partial charge in [0.15, 0.2) is 11.5 Å². The van der Waals surface area contributed by atoms with Crippen LogP contribution in [0.4, 0.5) is 5.95 Å². The van der Waals surface area contributed by atoms with Crippen LogP contribution in [0, 0.1) is 0 Å². The van der Waals surface area contributed by atoms with E-state index >= 15 is 0 Å². The van der Waals surface area contributed by atoms with Crippen molar-refractivity contribution in [1.29, 1.82) is 0 Å². The van der Waals surface area contributed by atoms with Crippen LogP contribution < -0.4 is 23.8 Å². The van der Waals surface area contributed by atoms with Gasteiger partial charge in [0.25, 0.3) is 5.78 Å². The number of nitrogens with one attached hydrogen (secondary N) is 1. The monoisotopic (exact) mass is 550 g/mol. The molecule has 11 nitrogen and oxygen atoms in total. The molecule has 2 aromatic heterocycles. The van der Waals surface area contributed by atoms with Crippen molar-refractivity contribution in [2.24, 2.45) is 0 Å². The molecular weight excluding hydrogens is 528 g/mol. The molecule has 1 aliphatic heterocycles. The number of methoxy groups -OCH3 is 4. The molecule has 39 heavy (non-hydrogen) atoms. The number of ketones is 1. The summed E-state index contributed by atoms with van der Waals surface area (Å²) in [6.45, 7) is 0. The van der Waals surface area contributed by atoms with E-state index in [0.717, 1.165) is 4.90 Å². The number of aromatic nitrogens is 3. The van der Waals surface area contributed by atoms with Gasteiger partial charge in [-0.05, 0) is 18.2 Å². The van der Waals surface area contributed by atoms with Gasteiger partial charge in [-0.15, -0.1) is 0 Å². The molecule has 0 spiro atoms. The average Bonchev–Trinajstić information content (AvgIpc) is 3.49. The second-order valence-electron chi connectivity index (χ2n) is 8.40. The number of fused-ring (bicyclic) bond motifs is 1. The molecule has 1 unspecified atom stereocenters. The van der Waals surface area contributed by atoms with Crippen molar-refractivity contribution >= 4 is 46.0 Å². The molecule has 2 N–H and O–H groups in total. The second kappa shape index (κ2) is 10.2. The van der Waals surface area contributed by atoms with Crippen molar-refractivity contribution in [1.82, 2.24) is 15.0 Å². The molecule has 0 saturated carbocycles. The van der Waals surface area contributed by atoms with Crippen LogP contribution in [0.25, 0.3) is 16.8 Å². The van der Waals surface area contributed by atoms with Crippen LogP contribution in [0.2, 0.25) is 5.02 Å². The minimum absolute atomic E-state index is 0.0674. The van der Waals surface area contributed by atoms with Gasteiger partial charge >= 0.3 is 5.91 Å². The van der Waals surface area contributed by atoms with Gasteiger partial charge in [0, 0.05) is 24.4 Å². The number of H-pyrrole nitrogens is 1. The number of aliphatic hydroxyl groups excluding tert-OH is 1. The Kier molecular flexibility index (Phi) is 6.75. The molecule has 4 aromatic rings. The van der Waals surface area contributed by atoms with E-state index in [0.29, 0.717) is 28.2 Å². The Morgan fingerprint density at radius 1 is 0.949 bits per heavy atom. The number of anilines is 1. The van der Waals surface area contributed by atoms with E-state index in [1.54, 1.807) is 30.3 Å². The fourth-order valence-electron chi connectivity index (χ4n) is 4.50. The largest absolute Gasteiger partial charge is 0.507 e. The lowest BCUT2D eigenvalue weighted by atomic mass is 9.97. The van der Waals surface area contributed by atoms with E-state index in [2.05, 4.69) is 15.0 Å². The van der Waals surface area contributed by atoms with Crippen molar-refractivity contribution in [3.8, 4) is 23.0 Å². The molecule has 5 rings (SSSR count). The fourth-order valence-corrected chi connectivity index (χ4v) is 4.73. The highest BCUT2D eigenvalue weighted by Crippen LogP contribution is 2.44. The van der Waals surface area contributed by atoms with Crippen LogP contribution >= 0.6 is 11.6 Å². The molecule has 200 valence electrons. The van der Waals surface area contributed by atoms with Crippen LogP contribution in [0.1, 0.15) is 17.3 Å². The van der Waals surface area contributed by atoms with Gasteiger partial charge in [0.2, 0.25) is 5.95 Å². The number of carbonyl (C=O) groups excluding carboxylic acids is 2. The number of imidazole rings is 1. The molecule has 1 saturated heterocycles. The Morgan fingerprint density at radius 2 is 1.64 bits per heavy atom. The van der Waals surface area contributed by atoms with Gasteiger partial charge in [0.05, 0.1) is 61.3 Å². The first-order valence-electron chi connectivity index (χ1n) is 11.6. The molecule has 12 heteroatoms. The third-order valence-corrected chi connectivity index (χ3v) is 6.64. The lowest BCUT2D eigenvalue weighted by Crippen LogP contribution is -2.30. The van der Waals surface area contributed by atoms with E-state index in [9.17, 15) is 14.7 Å². The van der Waals surface area contributed by atoms with Crippen LogP contribution in [0.15, 0.2) is 54.2 Å². The first-order chi connectivity index (χ1) is 18.8. The first kappa shape index (κ1) is 25.9. The molecule has 1 atom stereocenters. The third-order valence-electron chi connectivity index (χ3n) is 6.34. The number of Topliss-reactive ketones (excluding diaryl/α,β-unsaturated/α-hetero) is 1. The predicted octanol–water partition coefficient (Wildman–Crippen LogP) is 4.27. The molecule has 0 radical (unpaired) electrons. The Labute approximate surface area is 227 Å². The highest BCUT2D eigenvalue weighted by molar-refractivity contribution is 6.51. The molecule has 2 aromatic carbocycles. The molecule has 1 amide bonds. The minimum atomic E-state index is -1.12. The van der Waals surface area contributed by atoms with Crippen molar-refractivity contribution in [2.75, 3.05) is 33.3 Å². The summed E-state index contributed by atoms with van der Waals surface area (Å²) in [6, 6.07) is 10.1. The highest BCUT2D eigenvalue weighted by Gasteiger charge is 2.49. The number of aromatic amines is 1. The van der Waals surface area contributed by atoms with Crippen LogP contribution in [-0.4, -0.2) is 60.2 Å². The van der Waals surface area contributed by atoms with Crippen molar-refractivity contribution in [2.45, 2.75) is 6.04 Å². The predicted molar refractivity (Wildman–Crippen MR) is 143 cm³/mol. The minimum Gasteiger partial charge on any atom is -0.507 e. The number of aliphatic hydroxyl groups is 1. The Bertz CT molecular complexity index is 1590. The summed E-state index contributed by atoms with van der Waals surface area (Å²) >= 11 is 6.23. The number of nitrogens with zero attached hydrogens (tertiary/aromatic N) is 3. The number of hydrogen-bond donors (Lipinski definition) is 2. The lowest BCUT2D eigenvalue weighted by Gasteiger charge is -2.22. The van der Waals surface area contributed by atoms with E-state index in [1.807, 2.05) is 0 Å². The average molecular weight is 551 g/mol. The molecule has 1 fully saturated rings. The van der Waals surface area contributed by atoms with Gasteiger partial charge in [-0.1, -0.05) is 17.7 Å². The first-order valence-corrected chi connectivity index (χ1v) is 12.0. The van der Waals surface area contributed by atoms with Gasteiger partial charge in [-0.25, -0.2) is 4.98 Å². The van der Waals surface area contributed by atoms with Gasteiger partial charge in [-0.3, -0.25) is 19.5 Å².